The van der Waals surface area contributed by atoms with Crippen LogP contribution in [0.5, 0.6) is 0 Å². The molecule has 1 spiro atoms. The Morgan fingerprint density at radius 2 is 1.19 bits per heavy atom. The van der Waals surface area contributed by atoms with E-state index in [0.717, 1.165) is 34.6 Å². The first-order valence-electron chi connectivity index (χ1n) is 9.17. The van der Waals surface area contributed by atoms with Gasteiger partial charge < -0.3 is 0 Å². The minimum Gasteiger partial charge on any atom is -0.289 e. The molecule has 0 aliphatic heterocycles. The molecule has 27 heavy (non-hydrogen) atoms. The van der Waals surface area contributed by atoms with Gasteiger partial charge in [0.05, 0.1) is 0 Å². The van der Waals surface area contributed by atoms with Gasteiger partial charge in [-0.05, 0) is 46.2 Å². The van der Waals surface area contributed by atoms with Gasteiger partial charge in [0.2, 0.25) is 0 Å². The molecule has 3 aromatic rings. The van der Waals surface area contributed by atoms with Gasteiger partial charge in [0, 0.05) is 27.2 Å². The maximum Gasteiger partial charge on any atom is 0.193 e. The molecular formula is C24H18Br2O. The first-order valence-corrected chi connectivity index (χ1v) is 11.4. The summed E-state index contributed by atoms with van der Waals surface area (Å²) in [5.74, 6) is 0.157. The second-order valence-corrected chi connectivity index (χ2v) is 8.63. The van der Waals surface area contributed by atoms with Crippen LogP contribution in [0.25, 0.3) is 0 Å². The zero-order valence-electron chi connectivity index (χ0n) is 14.8. The number of hydrogen-bond donors (Lipinski definition) is 0. The normalized spacial score (nSPS) is 16.1. The molecule has 1 nitrogen and oxygen atoms in total. The Kier molecular flexibility index (Phi) is 4.14. The van der Waals surface area contributed by atoms with Gasteiger partial charge in [-0.1, -0.05) is 92.5 Å². The average molecular weight is 482 g/mol. The zero-order valence-corrected chi connectivity index (χ0v) is 17.9. The molecule has 2 aliphatic carbocycles. The third-order valence-electron chi connectivity index (χ3n) is 6.17. The van der Waals surface area contributed by atoms with E-state index in [-0.39, 0.29) is 11.2 Å². The summed E-state index contributed by atoms with van der Waals surface area (Å²) in [7, 11) is 0. The number of carbonyl (C=O) groups is 1. The third kappa shape index (κ3) is 2.44. The Morgan fingerprint density at radius 1 is 0.741 bits per heavy atom. The number of carbonyl (C=O) groups excluding carboxylic acids is 1. The minimum atomic E-state index is -0.141. The van der Waals surface area contributed by atoms with Crippen molar-refractivity contribution in [3.63, 3.8) is 0 Å². The van der Waals surface area contributed by atoms with Crippen LogP contribution >= 0.6 is 31.9 Å². The lowest BCUT2D eigenvalue weighted by atomic mass is 9.64. The van der Waals surface area contributed by atoms with Crippen LogP contribution < -0.4 is 0 Å². The van der Waals surface area contributed by atoms with Gasteiger partial charge in [0.25, 0.3) is 0 Å². The van der Waals surface area contributed by atoms with Gasteiger partial charge >= 0.3 is 0 Å². The molecule has 134 valence electrons. The highest BCUT2D eigenvalue weighted by Gasteiger charge is 2.47. The Hall–Kier alpha value is -1.71. The topological polar surface area (TPSA) is 17.1 Å². The molecule has 0 atom stereocenters. The van der Waals surface area contributed by atoms with E-state index in [0.29, 0.717) is 0 Å². The van der Waals surface area contributed by atoms with Crippen molar-refractivity contribution in [3.05, 3.63) is 105 Å². The quantitative estimate of drug-likeness (QED) is 0.404. The minimum absolute atomic E-state index is 0.141. The molecule has 3 heteroatoms. The average Bonchev–Trinajstić information content (AvgIpc) is 3.10. The Bertz CT molecular complexity index is 999. The highest BCUT2D eigenvalue weighted by atomic mass is 79.9. The van der Waals surface area contributed by atoms with Crippen LogP contribution in [0.15, 0.2) is 60.7 Å². The summed E-state index contributed by atoms with van der Waals surface area (Å²) in [6.07, 6.45) is 1.90. The highest BCUT2D eigenvalue weighted by Crippen LogP contribution is 2.50. The lowest BCUT2D eigenvalue weighted by molar-refractivity contribution is 0.103. The molecule has 0 fully saturated rings. The third-order valence-corrected chi connectivity index (χ3v) is 7.38. The fourth-order valence-electron chi connectivity index (χ4n) is 4.95. The SMILES string of the molecule is O=C1c2ccccc2C2(Cc3cc(CBr)c(CBr)cc3C2)c2ccccc21. The van der Waals surface area contributed by atoms with E-state index in [2.05, 4.69) is 68.3 Å². The second-order valence-electron chi connectivity index (χ2n) is 7.51. The summed E-state index contributed by atoms with van der Waals surface area (Å²) in [5.41, 5.74) is 9.47. The molecule has 0 radical (unpaired) electrons. The van der Waals surface area contributed by atoms with Crippen LogP contribution in [0.2, 0.25) is 0 Å². The fraction of sp³-hybridized carbons (Fsp3) is 0.208. The lowest BCUT2D eigenvalue weighted by Gasteiger charge is -2.37. The molecular weight excluding hydrogens is 464 g/mol. The van der Waals surface area contributed by atoms with Gasteiger partial charge in [-0.3, -0.25) is 4.79 Å². The number of benzene rings is 3. The van der Waals surface area contributed by atoms with E-state index in [1.165, 1.54) is 33.4 Å². The number of alkyl halides is 2. The lowest BCUT2D eigenvalue weighted by Crippen LogP contribution is -2.36. The highest BCUT2D eigenvalue weighted by molar-refractivity contribution is 9.09. The van der Waals surface area contributed by atoms with Crippen LogP contribution in [0, 0.1) is 0 Å². The first kappa shape index (κ1) is 17.4. The standard InChI is InChI=1S/C24H18Br2O/c25-13-17-9-15-11-24(12-16(15)10-18(17)14-26)21-7-3-1-5-19(21)23(27)20-6-2-4-8-22(20)24/h1-10H,11-14H2. The summed E-state index contributed by atoms with van der Waals surface area (Å²) >= 11 is 7.28. The van der Waals surface area contributed by atoms with Crippen molar-refractivity contribution in [2.75, 3.05) is 0 Å². The second kappa shape index (κ2) is 6.42. The molecule has 0 aromatic heterocycles. The van der Waals surface area contributed by atoms with Crippen LogP contribution in [-0.2, 0) is 28.9 Å². The Labute approximate surface area is 176 Å². The van der Waals surface area contributed by atoms with Gasteiger partial charge in [-0.2, -0.15) is 0 Å². The van der Waals surface area contributed by atoms with Crippen molar-refractivity contribution in [2.45, 2.75) is 28.9 Å². The summed E-state index contributed by atoms with van der Waals surface area (Å²) in [5, 5.41) is 1.72. The van der Waals surface area contributed by atoms with Gasteiger partial charge in [-0.25, -0.2) is 0 Å². The summed E-state index contributed by atoms with van der Waals surface area (Å²) in [4.78, 5) is 13.1. The molecule has 0 bridgehead atoms. The number of rotatable bonds is 2. The zero-order chi connectivity index (χ0) is 18.6. The Morgan fingerprint density at radius 3 is 1.63 bits per heavy atom. The van der Waals surface area contributed by atoms with Crippen LogP contribution in [0.1, 0.15) is 49.3 Å². The van der Waals surface area contributed by atoms with Crippen molar-refractivity contribution >= 4 is 37.6 Å². The van der Waals surface area contributed by atoms with E-state index >= 15 is 0 Å². The van der Waals surface area contributed by atoms with Crippen LogP contribution in [0.4, 0.5) is 0 Å². The van der Waals surface area contributed by atoms with Gasteiger partial charge in [0.1, 0.15) is 0 Å². The first-order chi connectivity index (χ1) is 13.2. The summed E-state index contributed by atoms with van der Waals surface area (Å²) in [6.45, 7) is 0. The van der Waals surface area contributed by atoms with Crippen molar-refractivity contribution < 1.29 is 4.79 Å². The molecule has 0 amide bonds. The van der Waals surface area contributed by atoms with Crippen molar-refractivity contribution in [3.8, 4) is 0 Å². The number of hydrogen-bond acceptors (Lipinski definition) is 1. The van der Waals surface area contributed by atoms with Crippen LogP contribution in [0.3, 0.4) is 0 Å². The van der Waals surface area contributed by atoms with Crippen molar-refractivity contribution in [1.29, 1.82) is 0 Å². The van der Waals surface area contributed by atoms with E-state index in [9.17, 15) is 4.79 Å². The summed E-state index contributed by atoms with van der Waals surface area (Å²) < 4.78 is 0. The van der Waals surface area contributed by atoms with E-state index in [4.69, 9.17) is 0 Å². The molecule has 5 rings (SSSR count). The number of fused-ring (bicyclic) bond motifs is 5. The number of halogens is 2. The van der Waals surface area contributed by atoms with E-state index in [1.807, 2.05) is 24.3 Å². The van der Waals surface area contributed by atoms with Gasteiger partial charge in [0.15, 0.2) is 5.78 Å². The maximum absolute atomic E-state index is 13.1. The molecule has 0 saturated heterocycles. The fourth-order valence-corrected chi connectivity index (χ4v) is 5.99. The largest absolute Gasteiger partial charge is 0.289 e. The molecule has 0 saturated carbocycles. The van der Waals surface area contributed by atoms with E-state index in [1.54, 1.807) is 0 Å². The van der Waals surface area contributed by atoms with E-state index < -0.39 is 0 Å². The molecule has 2 aliphatic rings. The smallest absolute Gasteiger partial charge is 0.193 e. The maximum atomic E-state index is 13.1. The van der Waals surface area contributed by atoms with Crippen molar-refractivity contribution in [1.82, 2.24) is 0 Å². The predicted molar refractivity (Wildman–Crippen MR) is 116 cm³/mol. The summed E-state index contributed by atoms with van der Waals surface area (Å²) in [6, 6.07) is 21.1. The number of ketones is 1. The molecule has 0 N–H and O–H groups in total. The predicted octanol–water partition coefficient (Wildman–Crippen LogP) is 6.11. The van der Waals surface area contributed by atoms with Gasteiger partial charge in [-0.15, -0.1) is 0 Å². The molecule has 3 aromatic carbocycles. The van der Waals surface area contributed by atoms with Crippen molar-refractivity contribution in [2.24, 2.45) is 0 Å². The Balaban J connectivity index is 1.76. The molecule has 0 unspecified atom stereocenters. The monoisotopic (exact) mass is 480 g/mol. The molecule has 0 heterocycles. The van der Waals surface area contributed by atoms with Crippen LogP contribution in [-0.4, -0.2) is 5.78 Å².